The molecule has 1 atom stereocenters. The van der Waals surface area contributed by atoms with E-state index in [1.165, 1.54) is 44.6 Å². The number of nitrogens with zero attached hydrogens (tertiary/aromatic N) is 2. The zero-order chi connectivity index (χ0) is 14.7. The summed E-state index contributed by atoms with van der Waals surface area (Å²) >= 11 is 0. The van der Waals surface area contributed by atoms with Gasteiger partial charge in [-0.2, -0.15) is 0 Å². The summed E-state index contributed by atoms with van der Waals surface area (Å²) in [6.07, 6.45) is 2.73. The Labute approximate surface area is 129 Å². The summed E-state index contributed by atoms with van der Waals surface area (Å²) in [5.74, 6) is 0.888. The van der Waals surface area contributed by atoms with Gasteiger partial charge in [0.1, 0.15) is 0 Å². The number of piperazine rings is 1. The maximum Gasteiger partial charge on any atom is 0.0535 e. The summed E-state index contributed by atoms with van der Waals surface area (Å²) in [7, 11) is 2.24. The average Bonchev–Trinajstić information content (AvgIpc) is 2.51. The largest absolute Gasteiger partial charge is 0.306 e. The average molecular weight is 287 g/mol. The second-order valence-electron chi connectivity index (χ2n) is 7.11. The van der Waals surface area contributed by atoms with Gasteiger partial charge < -0.3 is 10.2 Å². The molecular weight excluding hydrogens is 258 g/mol. The van der Waals surface area contributed by atoms with Gasteiger partial charge >= 0.3 is 0 Å². The lowest BCUT2D eigenvalue weighted by atomic mass is 9.88. The zero-order valence-electron chi connectivity index (χ0n) is 13.5. The van der Waals surface area contributed by atoms with Gasteiger partial charge in [0.15, 0.2) is 0 Å². The second kappa shape index (κ2) is 6.47. The first-order chi connectivity index (χ1) is 10.2. The fraction of sp³-hybridized carbons (Fsp3) is 0.667. The molecule has 3 nitrogen and oxygen atoms in total. The maximum atomic E-state index is 3.74. The molecule has 1 N–H and O–H groups in total. The molecule has 2 aliphatic rings. The quantitative estimate of drug-likeness (QED) is 0.919. The molecule has 2 aliphatic heterocycles. The van der Waals surface area contributed by atoms with Gasteiger partial charge in [0.2, 0.25) is 0 Å². The second-order valence-corrected chi connectivity index (χ2v) is 7.11. The van der Waals surface area contributed by atoms with Crippen LogP contribution in [0.2, 0.25) is 0 Å². The fourth-order valence-corrected chi connectivity index (χ4v) is 3.84. The van der Waals surface area contributed by atoms with E-state index in [4.69, 9.17) is 0 Å². The standard InChI is InChI=1S/C18H29N3/c1-18(17-6-4-3-5-7-17)15-21(13-10-19-18)14-16-8-11-20(2)12-9-16/h3-7,16,19H,8-15H2,1-2H3. The highest BCUT2D eigenvalue weighted by Gasteiger charge is 2.33. The molecule has 1 aromatic rings. The van der Waals surface area contributed by atoms with Gasteiger partial charge in [0.05, 0.1) is 5.54 Å². The molecule has 116 valence electrons. The zero-order valence-corrected chi connectivity index (χ0v) is 13.5. The Morgan fingerprint density at radius 2 is 1.86 bits per heavy atom. The number of hydrogen-bond donors (Lipinski definition) is 1. The molecule has 1 aromatic carbocycles. The summed E-state index contributed by atoms with van der Waals surface area (Å²) < 4.78 is 0. The number of rotatable bonds is 3. The highest BCUT2D eigenvalue weighted by molar-refractivity contribution is 5.24. The van der Waals surface area contributed by atoms with E-state index < -0.39 is 0 Å². The van der Waals surface area contributed by atoms with Crippen LogP contribution in [0.5, 0.6) is 0 Å². The minimum absolute atomic E-state index is 0.102. The van der Waals surface area contributed by atoms with Crippen molar-refractivity contribution in [2.75, 3.05) is 46.3 Å². The van der Waals surface area contributed by atoms with Crippen LogP contribution >= 0.6 is 0 Å². The van der Waals surface area contributed by atoms with E-state index in [0.717, 1.165) is 19.0 Å². The molecular formula is C18H29N3. The van der Waals surface area contributed by atoms with Crippen LogP contribution in [0.15, 0.2) is 30.3 Å². The third-order valence-electron chi connectivity index (χ3n) is 5.25. The Balaban J connectivity index is 1.60. The van der Waals surface area contributed by atoms with Crippen LogP contribution in [0.4, 0.5) is 0 Å². The molecule has 0 aliphatic carbocycles. The van der Waals surface area contributed by atoms with Crippen molar-refractivity contribution in [3.63, 3.8) is 0 Å². The number of likely N-dealkylation sites (tertiary alicyclic amines) is 1. The first-order valence-electron chi connectivity index (χ1n) is 8.37. The Morgan fingerprint density at radius 3 is 2.57 bits per heavy atom. The van der Waals surface area contributed by atoms with E-state index in [0.29, 0.717) is 0 Å². The van der Waals surface area contributed by atoms with Crippen molar-refractivity contribution in [3.8, 4) is 0 Å². The van der Waals surface area contributed by atoms with Gasteiger partial charge in [-0.05, 0) is 51.4 Å². The number of piperidine rings is 1. The third-order valence-corrected chi connectivity index (χ3v) is 5.25. The van der Waals surface area contributed by atoms with E-state index in [1.807, 2.05) is 0 Å². The molecule has 0 spiro atoms. The van der Waals surface area contributed by atoms with E-state index >= 15 is 0 Å². The Bertz CT molecular complexity index is 439. The molecule has 2 heterocycles. The van der Waals surface area contributed by atoms with Crippen LogP contribution < -0.4 is 5.32 Å². The van der Waals surface area contributed by atoms with E-state index in [-0.39, 0.29) is 5.54 Å². The molecule has 0 radical (unpaired) electrons. The molecule has 3 rings (SSSR count). The van der Waals surface area contributed by atoms with Gasteiger partial charge in [0.25, 0.3) is 0 Å². The molecule has 1 unspecified atom stereocenters. The fourth-order valence-electron chi connectivity index (χ4n) is 3.84. The van der Waals surface area contributed by atoms with Crippen molar-refractivity contribution in [1.82, 2.24) is 15.1 Å². The van der Waals surface area contributed by atoms with Gasteiger partial charge in [0, 0.05) is 26.2 Å². The van der Waals surface area contributed by atoms with Crippen LogP contribution in [-0.2, 0) is 5.54 Å². The highest BCUT2D eigenvalue weighted by atomic mass is 15.2. The van der Waals surface area contributed by atoms with Gasteiger partial charge in [-0.25, -0.2) is 0 Å². The summed E-state index contributed by atoms with van der Waals surface area (Å²) in [5, 5.41) is 3.74. The summed E-state index contributed by atoms with van der Waals surface area (Å²) in [5.41, 5.74) is 1.52. The third kappa shape index (κ3) is 3.65. The maximum absolute atomic E-state index is 3.74. The predicted molar refractivity (Wildman–Crippen MR) is 88.5 cm³/mol. The normalized spacial score (nSPS) is 29.6. The first-order valence-corrected chi connectivity index (χ1v) is 8.37. The van der Waals surface area contributed by atoms with Crippen molar-refractivity contribution in [2.45, 2.75) is 25.3 Å². The molecule has 3 heteroatoms. The number of nitrogens with one attached hydrogen (secondary N) is 1. The molecule has 2 fully saturated rings. The predicted octanol–water partition coefficient (Wildman–Crippen LogP) is 2.15. The van der Waals surface area contributed by atoms with Crippen molar-refractivity contribution >= 4 is 0 Å². The highest BCUT2D eigenvalue weighted by Crippen LogP contribution is 2.26. The first kappa shape index (κ1) is 15.0. The molecule has 0 bridgehead atoms. The SMILES string of the molecule is CN1CCC(CN2CCNC(C)(c3ccccc3)C2)CC1. The van der Waals surface area contributed by atoms with Crippen molar-refractivity contribution in [2.24, 2.45) is 5.92 Å². The number of benzene rings is 1. The van der Waals surface area contributed by atoms with Crippen LogP contribution in [0.1, 0.15) is 25.3 Å². The van der Waals surface area contributed by atoms with Crippen molar-refractivity contribution in [3.05, 3.63) is 35.9 Å². The Morgan fingerprint density at radius 1 is 1.14 bits per heavy atom. The molecule has 0 saturated carbocycles. The number of hydrogen-bond acceptors (Lipinski definition) is 3. The van der Waals surface area contributed by atoms with Gasteiger partial charge in [-0.3, -0.25) is 4.90 Å². The monoisotopic (exact) mass is 287 g/mol. The molecule has 0 amide bonds. The summed E-state index contributed by atoms with van der Waals surface area (Å²) in [4.78, 5) is 5.14. The van der Waals surface area contributed by atoms with Crippen LogP contribution in [-0.4, -0.2) is 56.1 Å². The minimum atomic E-state index is 0.102. The van der Waals surface area contributed by atoms with E-state index in [2.05, 4.69) is 59.4 Å². The minimum Gasteiger partial charge on any atom is -0.306 e. The lowest BCUT2D eigenvalue weighted by molar-refractivity contribution is 0.103. The Kier molecular flexibility index (Phi) is 4.63. The lowest BCUT2D eigenvalue weighted by Crippen LogP contribution is -2.57. The molecule has 21 heavy (non-hydrogen) atoms. The van der Waals surface area contributed by atoms with Gasteiger partial charge in [-0.15, -0.1) is 0 Å². The summed E-state index contributed by atoms with van der Waals surface area (Å²) in [6.45, 7) is 9.58. The smallest absolute Gasteiger partial charge is 0.0535 e. The van der Waals surface area contributed by atoms with E-state index in [9.17, 15) is 0 Å². The van der Waals surface area contributed by atoms with E-state index in [1.54, 1.807) is 0 Å². The topological polar surface area (TPSA) is 18.5 Å². The lowest BCUT2D eigenvalue weighted by Gasteiger charge is -2.43. The van der Waals surface area contributed by atoms with Crippen LogP contribution in [0, 0.1) is 5.92 Å². The summed E-state index contributed by atoms with van der Waals surface area (Å²) in [6, 6.07) is 10.9. The Hall–Kier alpha value is -0.900. The van der Waals surface area contributed by atoms with Crippen LogP contribution in [0.3, 0.4) is 0 Å². The van der Waals surface area contributed by atoms with Crippen molar-refractivity contribution < 1.29 is 0 Å². The van der Waals surface area contributed by atoms with Crippen molar-refractivity contribution in [1.29, 1.82) is 0 Å². The molecule has 2 saturated heterocycles. The van der Waals surface area contributed by atoms with Gasteiger partial charge in [-0.1, -0.05) is 30.3 Å². The van der Waals surface area contributed by atoms with Crippen LogP contribution in [0.25, 0.3) is 0 Å². The molecule has 0 aromatic heterocycles.